The van der Waals surface area contributed by atoms with Gasteiger partial charge in [0.15, 0.2) is 0 Å². The molecule has 0 aromatic carbocycles. The number of halogens is 2. The largest absolute Gasteiger partial charge is 0.316 e. The van der Waals surface area contributed by atoms with E-state index in [9.17, 15) is 8.78 Å². The number of rotatable bonds is 2. The molecule has 1 heterocycles. The Balaban J connectivity index is 1.94. The summed E-state index contributed by atoms with van der Waals surface area (Å²) in [5.74, 6) is -3.10. The van der Waals surface area contributed by atoms with Crippen molar-refractivity contribution in [3.05, 3.63) is 0 Å². The molecular formula is C10H17F2N. The third kappa shape index (κ3) is 1.71. The smallest absolute Gasteiger partial charge is 0.254 e. The second-order valence-corrected chi connectivity index (χ2v) is 4.35. The van der Waals surface area contributed by atoms with Gasteiger partial charge in [-0.15, -0.1) is 0 Å². The highest BCUT2D eigenvalue weighted by atomic mass is 19.3. The second-order valence-electron chi connectivity index (χ2n) is 4.35. The SMILES string of the molecule is FC(F)(C1CCC1)C1CCCNC1. The lowest BCUT2D eigenvalue weighted by Gasteiger charge is -2.40. The van der Waals surface area contributed by atoms with Crippen LogP contribution in [0.4, 0.5) is 8.78 Å². The van der Waals surface area contributed by atoms with Crippen LogP contribution in [0.5, 0.6) is 0 Å². The van der Waals surface area contributed by atoms with E-state index < -0.39 is 11.8 Å². The molecule has 1 unspecified atom stereocenters. The van der Waals surface area contributed by atoms with Gasteiger partial charge in [0.05, 0.1) is 0 Å². The summed E-state index contributed by atoms with van der Waals surface area (Å²) in [5.41, 5.74) is 0. The molecule has 0 amide bonds. The van der Waals surface area contributed by atoms with Gasteiger partial charge in [-0.2, -0.15) is 0 Å². The summed E-state index contributed by atoms with van der Waals surface area (Å²) in [7, 11) is 0. The van der Waals surface area contributed by atoms with E-state index in [2.05, 4.69) is 5.32 Å². The molecule has 1 N–H and O–H groups in total. The molecule has 13 heavy (non-hydrogen) atoms. The minimum Gasteiger partial charge on any atom is -0.316 e. The maximum atomic E-state index is 13.7. The summed E-state index contributed by atoms with van der Waals surface area (Å²) in [6, 6.07) is 0. The quantitative estimate of drug-likeness (QED) is 0.703. The van der Waals surface area contributed by atoms with E-state index in [-0.39, 0.29) is 5.92 Å². The van der Waals surface area contributed by atoms with Gasteiger partial charge in [0.2, 0.25) is 0 Å². The molecule has 1 saturated carbocycles. The Bertz CT molecular complexity index is 172. The van der Waals surface area contributed by atoms with Crippen molar-refractivity contribution in [2.75, 3.05) is 13.1 Å². The first-order valence-electron chi connectivity index (χ1n) is 5.30. The zero-order valence-electron chi connectivity index (χ0n) is 7.86. The Morgan fingerprint density at radius 1 is 1.00 bits per heavy atom. The molecule has 1 saturated heterocycles. The first-order chi connectivity index (χ1) is 6.21. The molecule has 1 aliphatic carbocycles. The number of hydrogen-bond acceptors (Lipinski definition) is 1. The van der Waals surface area contributed by atoms with Gasteiger partial charge in [0.1, 0.15) is 0 Å². The fraction of sp³-hybridized carbons (Fsp3) is 1.00. The van der Waals surface area contributed by atoms with Crippen LogP contribution in [-0.4, -0.2) is 19.0 Å². The van der Waals surface area contributed by atoms with Gasteiger partial charge in [0, 0.05) is 18.4 Å². The van der Waals surface area contributed by atoms with E-state index in [0.717, 1.165) is 32.2 Å². The van der Waals surface area contributed by atoms with Crippen molar-refractivity contribution in [3.8, 4) is 0 Å². The standard InChI is InChI=1S/C10H17F2N/c11-10(12,8-3-1-4-8)9-5-2-6-13-7-9/h8-9,13H,1-7H2. The molecule has 76 valence electrons. The highest BCUT2D eigenvalue weighted by Gasteiger charge is 2.48. The predicted octanol–water partition coefficient (Wildman–Crippen LogP) is 2.42. The van der Waals surface area contributed by atoms with E-state index in [4.69, 9.17) is 0 Å². The average molecular weight is 189 g/mol. The van der Waals surface area contributed by atoms with E-state index >= 15 is 0 Å². The summed E-state index contributed by atoms with van der Waals surface area (Å²) in [4.78, 5) is 0. The first kappa shape index (κ1) is 9.38. The summed E-state index contributed by atoms with van der Waals surface area (Å²) in [5, 5.41) is 3.06. The van der Waals surface area contributed by atoms with Crippen LogP contribution in [0.25, 0.3) is 0 Å². The summed E-state index contributed by atoms with van der Waals surface area (Å²) in [6.07, 6.45) is 4.09. The van der Waals surface area contributed by atoms with Gasteiger partial charge >= 0.3 is 0 Å². The number of nitrogens with one attached hydrogen (secondary N) is 1. The van der Waals surface area contributed by atoms with Gasteiger partial charge < -0.3 is 5.32 Å². The van der Waals surface area contributed by atoms with Crippen LogP contribution < -0.4 is 5.32 Å². The Morgan fingerprint density at radius 2 is 1.69 bits per heavy atom. The molecule has 0 aromatic rings. The molecule has 2 fully saturated rings. The molecule has 2 aliphatic rings. The van der Waals surface area contributed by atoms with E-state index in [0.29, 0.717) is 13.0 Å². The second kappa shape index (κ2) is 3.52. The van der Waals surface area contributed by atoms with E-state index in [1.54, 1.807) is 0 Å². The molecule has 0 bridgehead atoms. The molecule has 0 radical (unpaired) electrons. The number of piperidine rings is 1. The van der Waals surface area contributed by atoms with Gasteiger partial charge in [-0.1, -0.05) is 6.42 Å². The molecule has 2 rings (SSSR count). The van der Waals surface area contributed by atoms with Crippen molar-refractivity contribution in [3.63, 3.8) is 0 Å². The van der Waals surface area contributed by atoms with Gasteiger partial charge in [-0.3, -0.25) is 0 Å². The molecule has 1 aliphatic heterocycles. The van der Waals surface area contributed by atoms with Gasteiger partial charge in [-0.05, 0) is 32.2 Å². The predicted molar refractivity (Wildman–Crippen MR) is 47.9 cm³/mol. The first-order valence-corrected chi connectivity index (χ1v) is 5.30. The van der Waals surface area contributed by atoms with Crippen LogP contribution in [0.3, 0.4) is 0 Å². The summed E-state index contributed by atoms with van der Waals surface area (Å²) >= 11 is 0. The highest BCUT2D eigenvalue weighted by molar-refractivity contribution is 4.91. The van der Waals surface area contributed by atoms with Crippen LogP contribution in [0.15, 0.2) is 0 Å². The molecule has 1 nitrogen and oxygen atoms in total. The fourth-order valence-electron chi connectivity index (χ4n) is 2.31. The minimum absolute atomic E-state index is 0.308. The Hall–Kier alpha value is -0.180. The van der Waals surface area contributed by atoms with E-state index in [1.165, 1.54) is 0 Å². The topological polar surface area (TPSA) is 12.0 Å². The van der Waals surface area contributed by atoms with Crippen molar-refractivity contribution in [1.29, 1.82) is 0 Å². The van der Waals surface area contributed by atoms with Crippen molar-refractivity contribution < 1.29 is 8.78 Å². The van der Waals surface area contributed by atoms with E-state index in [1.807, 2.05) is 0 Å². The van der Waals surface area contributed by atoms with Crippen LogP contribution >= 0.6 is 0 Å². The van der Waals surface area contributed by atoms with Crippen LogP contribution in [-0.2, 0) is 0 Å². The van der Waals surface area contributed by atoms with Crippen LogP contribution in [0.2, 0.25) is 0 Å². The molecule has 0 aromatic heterocycles. The van der Waals surface area contributed by atoms with Crippen molar-refractivity contribution in [2.24, 2.45) is 11.8 Å². The fourth-order valence-corrected chi connectivity index (χ4v) is 2.31. The Morgan fingerprint density at radius 3 is 2.15 bits per heavy atom. The average Bonchev–Trinajstić information content (AvgIpc) is 2.02. The lowest BCUT2D eigenvalue weighted by molar-refractivity contribution is -0.137. The third-order valence-electron chi connectivity index (χ3n) is 3.49. The number of hydrogen-bond donors (Lipinski definition) is 1. The number of alkyl halides is 2. The Labute approximate surface area is 77.9 Å². The van der Waals surface area contributed by atoms with Crippen molar-refractivity contribution in [1.82, 2.24) is 5.32 Å². The minimum atomic E-state index is -2.40. The maximum Gasteiger partial charge on any atom is 0.254 e. The highest BCUT2D eigenvalue weighted by Crippen LogP contribution is 2.45. The summed E-state index contributed by atoms with van der Waals surface area (Å²) < 4.78 is 27.4. The van der Waals surface area contributed by atoms with Crippen molar-refractivity contribution in [2.45, 2.75) is 38.0 Å². The third-order valence-corrected chi connectivity index (χ3v) is 3.49. The van der Waals surface area contributed by atoms with Crippen LogP contribution in [0, 0.1) is 11.8 Å². The Kier molecular flexibility index (Phi) is 2.54. The van der Waals surface area contributed by atoms with Crippen LogP contribution in [0.1, 0.15) is 32.1 Å². The zero-order chi connectivity index (χ0) is 9.31. The van der Waals surface area contributed by atoms with Gasteiger partial charge in [-0.25, -0.2) is 8.78 Å². The maximum absolute atomic E-state index is 13.7. The monoisotopic (exact) mass is 189 g/mol. The normalized spacial score (nSPS) is 31.4. The molecule has 3 heteroatoms. The van der Waals surface area contributed by atoms with Gasteiger partial charge in [0.25, 0.3) is 5.92 Å². The lowest BCUT2D eigenvalue weighted by atomic mass is 9.74. The lowest BCUT2D eigenvalue weighted by Crippen LogP contribution is -2.47. The molecule has 0 spiro atoms. The molecular weight excluding hydrogens is 172 g/mol. The molecule has 1 atom stereocenters. The summed E-state index contributed by atoms with van der Waals surface area (Å²) in [6.45, 7) is 1.43. The van der Waals surface area contributed by atoms with Crippen molar-refractivity contribution >= 4 is 0 Å². The zero-order valence-corrected chi connectivity index (χ0v) is 7.86.